The van der Waals surface area contributed by atoms with Gasteiger partial charge in [0.2, 0.25) is 5.91 Å². The molecule has 4 rings (SSSR count). The van der Waals surface area contributed by atoms with Crippen LogP contribution in [0.1, 0.15) is 37.6 Å². The van der Waals surface area contributed by atoms with E-state index in [1.165, 1.54) is 11.3 Å². The first-order valence-corrected chi connectivity index (χ1v) is 10.1. The van der Waals surface area contributed by atoms with Crippen molar-refractivity contribution in [2.24, 2.45) is 0 Å². The minimum absolute atomic E-state index is 0.00861. The highest BCUT2D eigenvalue weighted by Crippen LogP contribution is 2.24. The Bertz CT molecular complexity index is 1080. The number of imide groups is 1. The van der Waals surface area contributed by atoms with Crippen molar-refractivity contribution < 1.29 is 14.4 Å². The van der Waals surface area contributed by atoms with Crippen molar-refractivity contribution in [3.63, 3.8) is 0 Å². The van der Waals surface area contributed by atoms with Gasteiger partial charge in [-0.3, -0.25) is 19.3 Å². The molecule has 0 saturated heterocycles. The molecule has 29 heavy (non-hydrogen) atoms. The van der Waals surface area contributed by atoms with E-state index in [0.29, 0.717) is 27.7 Å². The van der Waals surface area contributed by atoms with Crippen molar-refractivity contribution in [2.45, 2.75) is 12.8 Å². The minimum Gasteiger partial charge on any atom is -0.302 e. The van der Waals surface area contributed by atoms with E-state index in [-0.39, 0.29) is 30.7 Å². The lowest BCUT2D eigenvalue weighted by atomic mass is 10.1. The second-order valence-corrected chi connectivity index (χ2v) is 8.10. The Balaban J connectivity index is 1.32. The van der Waals surface area contributed by atoms with E-state index in [1.807, 2.05) is 24.3 Å². The third kappa shape index (κ3) is 4.21. The second-order valence-electron chi connectivity index (χ2n) is 6.54. The number of benzene rings is 2. The maximum Gasteiger partial charge on any atom is 0.261 e. The van der Waals surface area contributed by atoms with Gasteiger partial charge in [-0.15, -0.1) is 11.3 Å². The smallest absolute Gasteiger partial charge is 0.261 e. The van der Waals surface area contributed by atoms with E-state index in [9.17, 15) is 14.4 Å². The van der Waals surface area contributed by atoms with E-state index in [2.05, 4.69) is 10.3 Å². The molecule has 1 N–H and O–H groups in total. The third-order valence-electron chi connectivity index (χ3n) is 4.51. The monoisotopic (exact) mass is 425 g/mol. The van der Waals surface area contributed by atoms with Gasteiger partial charge in [-0.25, -0.2) is 4.98 Å². The predicted molar refractivity (Wildman–Crippen MR) is 111 cm³/mol. The maximum absolute atomic E-state index is 12.3. The molecular formula is C21H16ClN3O3S. The van der Waals surface area contributed by atoms with Crippen molar-refractivity contribution in [2.75, 3.05) is 11.9 Å². The molecule has 1 aromatic heterocycles. The number of nitrogens with zero attached hydrogens (tertiary/aromatic N) is 2. The van der Waals surface area contributed by atoms with Gasteiger partial charge < -0.3 is 5.32 Å². The van der Waals surface area contributed by atoms with Crippen molar-refractivity contribution in [3.05, 3.63) is 81.3 Å². The molecule has 1 aliphatic rings. The zero-order chi connectivity index (χ0) is 20.4. The first-order chi connectivity index (χ1) is 14.0. The van der Waals surface area contributed by atoms with Crippen molar-refractivity contribution in [1.29, 1.82) is 0 Å². The van der Waals surface area contributed by atoms with Crippen LogP contribution in [0.4, 0.5) is 5.13 Å². The average molecular weight is 426 g/mol. The van der Waals surface area contributed by atoms with E-state index in [4.69, 9.17) is 11.6 Å². The number of anilines is 1. The van der Waals surface area contributed by atoms with Crippen LogP contribution < -0.4 is 5.32 Å². The largest absolute Gasteiger partial charge is 0.302 e. The number of rotatable bonds is 6. The third-order valence-corrected chi connectivity index (χ3v) is 5.66. The minimum atomic E-state index is -0.364. The summed E-state index contributed by atoms with van der Waals surface area (Å²) in [4.78, 5) is 43.2. The summed E-state index contributed by atoms with van der Waals surface area (Å²) in [6, 6.07) is 14.2. The number of hydrogen-bond acceptors (Lipinski definition) is 5. The number of halogens is 1. The van der Waals surface area contributed by atoms with Crippen molar-refractivity contribution in [3.8, 4) is 0 Å². The van der Waals surface area contributed by atoms with Gasteiger partial charge in [0.15, 0.2) is 5.13 Å². The zero-order valence-corrected chi connectivity index (χ0v) is 16.8. The fraction of sp³-hybridized carbons (Fsp3) is 0.143. The van der Waals surface area contributed by atoms with Crippen LogP contribution in [0, 0.1) is 0 Å². The molecule has 3 aromatic rings. The van der Waals surface area contributed by atoms with Crippen LogP contribution >= 0.6 is 22.9 Å². The number of carbonyl (C=O) groups is 3. The van der Waals surface area contributed by atoms with Crippen LogP contribution in [0.2, 0.25) is 5.02 Å². The highest BCUT2D eigenvalue weighted by Gasteiger charge is 2.34. The summed E-state index contributed by atoms with van der Waals surface area (Å²) < 4.78 is 0. The Morgan fingerprint density at radius 2 is 1.79 bits per heavy atom. The molecule has 2 aromatic carbocycles. The van der Waals surface area contributed by atoms with Gasteiger partial charge in [0, 0.05) is 35.5 Å². The number of amides is 3. The molecule has 0 unspecified atom stereocenters. The molecule has 0 atom stereocenters. The normalized spacial score (nSPS) is 12.9. The standard InChI is InChI=1S/C21H16ClN3O3S/c22-14-5-3-4-13(10-14)11-15-12-23-21(29-15)24-18(26)8-9-25-19(27)16-6-1-2-7-17(16)20(25)28/h1-7,10,12H,8-9,11H2,(H,23,24,26). The number of aromatic nitrogens is 1. The zero-order valence-electron chi connectivity index (χ0n) is 15.2. The van der Waals surface area contributed by atoms with E-state index in [0.717, 1.165) is 15.3 Å². The molecule has 146 valence electrons. The molecule has 0 saturated carbocycles. The van der Waals surface area contributed by atoms with Gasteiger partial charge in [-0.1, -0.05) is 35.9 Å². The van der Waals surface area contributed by atoms with Gasteiger partial charge in [-0.2, -0.15) is 0 Å². The van der Waals surface area contributed by atoms with E-state index < -0.39 is 0 Å². The summed E-state index contributed by atoms with van der Waals surface area (Å²) in [5, 5.41) is 3.88. The van der Waals surface area contributed by atoms with Crippen LogP contribution in [0.3, 0.4) is 0 Å². The quantitative estimate of drug-likeness (QED) is 0.605. The first-order valence-electron chi connectivity index (χ1n) is 8.95. The van der Waals surface area contributed by atoms with Gasteiger partial charge >= 0.3 is 0 Å². The molecule has 2 heterocycles. The van der Waals surface area contributed by atoms with Gasteiger partial charge in [0.05, 0.1) is 11.1 Å². The topological polar surface area (TPSA) is 79.4 Å². The van der Waals surface area contributed by atoms with Gasteiger partial charge in [0.1, 0.15) is 0 Å². The molecule has 6 nitrogen and oxygen atoms in total. The lowest BCUT2D eigenvalue weighted by molar-refractivity contribution is -0.116. The summed E-state index contributed by atoms with van der Waals surface area (Å²) in [5.74, 6) is -1.03. The Kier molecular flexibility index (Phi) is 5.42. The summed E-state index contributed by atoms with van der Waals surface area (Å²) in [7, 11) is 0. The van der Waals surface area contributed by atoms with Crippen LogP contribution in [0.5, 0.6) is 0 Å². The Hall–Kier alpha value is -3.03. The number of fused-ring (bicyclic) bond motifs is 1. The number of carbonyl (C=O) groups excluding carboxylic acids is 3. The molecule has 0 fully saturated rings. The average Bonchev–Trinajstić information content (AvgIpc) is 3.23. The molecule has 3 amide bonds. The Morgan fingerprint density at radius 3 is 2.48 bits per heavy atom. The van der Waals surface area contributed by atoms with Crippen LogP contribution in [0.25, 0.3) is 0 Å². The van der Waals surface area contributed by atoms with Gasteiger partial charge in [-0.05, 0) is 29.8 Å². The van der Waals surface area contributed by atoms with Crippen LogP contribution in [-0.4, -0.2) is 34.2 Å². The molecule has 0 bridgehead atoms. The highest BCUT2D eigenvalue weighted by atomic mass is 35.5. The number of thiazole rings is 1. The van der Waals surface area contributed by atoms with Gasteiger partial charge in [0.25, 0.3) is 11.8 Å². The summed E-state index contributed by atoms with van der Waals surface area (Å²) in [6.07, 6.45) is 2.39. The highest BCUT2D eigenvalue weighted by molar-refractivity contribution is 7.15. The first kappa shape index (κ1) is 19.3. The fourth-order valence-corrected chi connectivity index (χ4v) is 4.21. The molecule has 0 radical (unpaired) electrons. The van der Waals surface area contributed by atoms with E-state index >= 15 is 0 Å². The second kappa shape index (κ2) is 8.14. The molecule has 0 aliphatic carbocycles. The molecule has 0 spiro atoms. The van der Waals surface area contributed by atoms with Crippen molar-refractivity contribution >= 4 is 45.8 Å². The summed E-state index contributed by atoms with van der Waals surface area (Å²) in [5.41, 5.74) is 1.82. The number of hydrogen-bond donors (Lipinski definition) is 1. The molecular weight excluding hydrogens is 410 g/mol. The fourth-order valence-electron chi connectivity index (χ4n) is 3.13. The maximum atomic E-state index is 12.3. The van der Waals surface area contributed by atoms with Crippen molar-refractivity contribution in [1.82, 2.24) is 9.88 Å². The van der Waals surface area contributed by atoms with E-state index in [1.54, 1.807) is 30.5 Å². The lowest BCUT2D eigenvalue weighted by Crippen LogP contribution is -2.32. The van der Waals surface area contributed by atoms with Crippen LogP contribution in [0.15, 0.2) is 54.7 Å². The lowest BCUT2D eigenvalue weighted by Gasteiger charge is -2.12. The SMILES string of the molecule is O=C(CCN1C(=O)c2ccccc2C1=O)Nc1ncc(Cc2cccc(Cl)c2)s1. The summed E-state index contributed by atoms with van der Waals surface area (Å²) in [6.45, 7) is 0.0267. The Morgan fingerprint density at radius 1 is 1.07 bits per heavy atom. The van der Waals surface area contributed by atoms with Crippen LogP contribution in [-0.2, 0) is 11.2 Å². The molecule has 8 heteroatoms. The number of nitrogens with one attached hydrogen (secondary N) is 1. The Labute approximate surface area is 176 Å². The predicted octanol–water partition coefficient (Wildman–Crippen LogP) is 4.01. The summed E-state index contributed by atoms with van der Waals surface area (Å²) >= 11 is 7.38. The molecule has 1 aliphatic heterocycles.